The number of aryl methyl sites for hydroxylation is 1. The van der Waals surface area contributed by atoms with Gasteiger partial charge in [0.25, 0.3) is 5.91 Å². The Morgan fingerprint density at radius 2 is 1.82 bits per heavy atom. The molecule has 3 heterocycles. The number of anilines is 2. The molecule has 0 bridgehead atoms. The highest BCUT2D eigenvalue weighted by atomic mass is 16.2. The van der Waals surface area contributed by atoms with Gasteiger partial charge in [0.15, 0.2) is 0 Å². The number of hydrogen-bond donors (Lipinski definition) is 1. The number of rotatable bonds is 4. The lowest BCUT2D eigenvalue weighted by molar-refractivity contribution is 0.0740. The minimum Gasteiger partial charge on any atom is -0.370 e. The topological polar surface area (TPSA) is 87.1 Å². The van der Waals surface area contributed by atoms with Crippen LogP contribution in [0.4, 0.5) is 11.6 Å². The van der Waals surface area contributed by atoms with E-state index in [9.17, 15) is 4.79 Å². The van der Waals surface area contributed by atoms with E-state index >= 15 is 0 Å². The summed E-state index contributed by atoms with van der Waals surface area (Å²) in [6.45, 7) is 7.41. The molecule has 1 saturated heterocycles. The second kappa shape index (κ2) is 7.75. The highest BCUT2D eigenvalue weighted by Crippen LogP contribution is 2.19. The van der Waals surface area contributed by atoms with Gasteiger partial charge in [-0.2, -0.15) is 0 Å². The maximum Gasteiger partial charge on any atom is 0.274 e. The van der Waals surface area contributed by atoms with E-state index in [0.717, 1.165) is 48.1 Å². The molecule has 144 valence electrons. The number of nitrogens with zero attached hydrogens (tertiary/aromatic N) is 6. The molecule has 4 rings (SSSR count). The van der Waals surface area contributed by atoms with Gasteiger partial charge in [0.2, 0.25) is 0 Å². The van der Waals surface area contributed by atoms with Crippen LogP contribution in [0.25, 0.3) is 11.0 Å². The largest absolute Gasteiger partial charge is 0.370 e. The number of carbonyl (C=O) groups excluding carboxylic acids is 1. The molecule has 1 aromatic carbocycles. The minimum absolute atomic E-state index is 0.0786. The Morgan fingerprint density at radius 1 is 1.07 bits per heavy atom. The third-order valence-corrected chi connectivity index (χ3v) is 4.74. The van der Waals surface area contributed by atoms with Crippen molar-refractivity contribution in [3.63, 3.8) is 0 Å². The first kappa shape index (κ1) is 18.1. The van der Waals surface area contributed by atoms with Crippen LogP contribution in [0, 0.1) is 6.92 Å². The lowest BCUT2D eigenvalue weighted by atomic mass is 10.2. The van der Waals surface area contributed by atoms with Crippen molar-refractivity contribution in [2.75, 3.05) is 42.9 Å². The molecular formula is C20H23N7O. The van der Waals surface area contributed by atoms with E-state index in [2.05, 4.69) is 30.2 Å². The zero-order chi connectivity index (χ0) is 19.5. The first-order valence-electron chi connectivity index (χ1n) is 9.49. The fraction of sp³-hybridized carbons (Fsp3) is 0.350. The van der Waals surface area contributed by atoms with Gasteiger partial charge in [-0.1, -0.05) is 12.1 Å². The number of nitrogens with one attached hydrogen (secondary N) is 1. The summed E-state index contributed by atoms with van der Waals surface area (Å²) in [5.74, 6) is 2.37. The lowest BCUT2D eigenvalue weighted by Gasteiger charge is -2.35. The molecule has 0 aliphatic carbocycles. The average Bonchev–Trinajstić information content (AvgIpc) is 2.73. The van der Waals surface area contributed by atoms with Crippen molar-refractivity contribution in [3.8, 4) is 0 Å². The molecule has 0 radical (unpaired) electrons. The Morgan fingerprint density at radius 3 is 2.57 bits per heavy atom. The van der Waals surface area contributed by atoms with E-state index in [1.165, 1.54) is 0 Å². The molecule has 1 fully saturated rings. The predicted molar refractivity (Wildman–Crippen MR) is 109 cm³/mol. The normalized spacial score (nSPS) is 14.4. The molecule has 2 aromatic heterocycles. The van der Waals surface area contributed by atoms with Crippen LogP contribution in [-0.2, 0) is 0 Å². The molecule has 3 aromatic rings. The van der Waals surface area contributed by atoms with E-state index in [1.807, 2.05) is 49.1 Å². The maximum absolute atomic E-state index is 12.8. The second-order valence-electron chi connectivity index (χ2n) is 6.71. The SMILES string of the molecule is CCNc1cc(N2CCN(C(=O)c3cnc4ccccc4n3)CC2)nc(C)n1. The highest BCUT2D eigenvalue weighted by Gasteiger charge is 2.24. The molecular weight excluding hydrogens is 354 g/mol. The first-order chi connectivity index (χ1) is 13.6. The Kier molecular flexibility index (Phi) is 5.01. The smallest absolute Gasteiger partial charge is 0.274 e. The summed E-state index contributed by atoms with van der Waals surface area (Å²) in [4.78, 5) is 34.6. The van der Waals surface area contributed by atoms with Crippen molar-refractivity contribution < 1.29 is 4.79 Å². The van der Waals surface area contributed by atoms with Crippen molar-refractivity contribution in [2.45, 2.75) is 13.8 Å². The van der Waals surface area contributed by atoms with Gasteiger partial charge in [-0.15, -0.1) is 0 Å². The third kappa shape index (κ3) is 3.71. The van der Waals surface area contributed by atoms with Crippen LogP contribution in [0.3, 0.4) is 0 Å². The number of piperazine rings is 1. The van der Waals surface area contributed by atoms with Gasteiger partial charge in [-0.3, -0.25) is 9.78 Å². The van der Waals surface area contributed by atoms with Crippen molar-refractivity contribution >= 4 is 28.6 Å². The van der Waals surface area contributed by atoms with Crippen molar-refractivity contribution in [2.24, 2.45) is 0 Å². The summed E-state index contributed by atoms with van der Waals surface area (Å²) in [6.07, 6.45) is 1.56. The molecule has 1 amide bonds. The number of carbonyl (C=O) groups is 1. The zero-order valence-electron chi connectivity index (χ0n) is 16.1. The minimum atomic E-state index is -0.0786. The van der Waals surface area contributed by atoms with Gasteiger partial charge < -0.3 is 15.1 Å². The fourth-order valence-electron chi connectivity index (χ4n) is 3.35. The number of hydrogen-bond acceptors (Lipinski definition) is 7. The van der Waals surface area contributed by atoms with E-state index in [0.29, 0.717) is 18.8 Å². The van der Waals surface area contributed by atoms with Crippen LogP contribution in [-0.4, -0.2) is 63.5 Å². The molecule has 28 heavy (non-hydrogen) atoms. The summed E-state index contributed by atoms with van der Waals surface area (Å²) < 4.78 is 0. The average molecular weight is 377 g/mol. The van der Waals surface area contributed by atoms with Crippen LogP contribution >= 0.6 is 0 Å². The molecule has 0 unspecified atom stereocenters. The van der Waals surface area contributed by atoms with Crippen molar-refractivity contribution in [1.29, 1.82) is 0 Å². The van der Waals surface area contributed by atoms with Gasteiger partial charge in [0.1, 0.15) is 23.2 Å². The van der Waals surface area contributed by atoms with Crippen molar-refractivity contribution in [3.05, 3.63) is 48.0 Å². The lowest BCUT2D eigenvalue weighted by Crippen LogP contribution is -2.49. The molecule has 0 saturated carbocycles. The Bertz CT molecular complexity index is 999. The fourth-order valence-corrected chi connectivity index (χ4v) is 3.35. The van der Waals surface area contributed by atoms with Gasteiger partial charge in [0.05, 0.1) is 17.2 Å². The quantitative estimate of drug-likeness (QED) is 0.745. The van der Waals surface area contributed by atoms with Crippen LogP contribution < -0.4 is 10.2 Å². The predicted octanol–water partition coefficient (Wildman–Crippen LogP) is 2.12. The standard InChI is InChI=1S/C20H23N7O/c1-3-21-18-12-19(24-14(2)23-18)26-8-10-27(11-9-26)20(28)17-13-22-15-6-4-5-7-16(15)25-17/h4-7,12-13H,3,8-11H2,1-2H3,(H,21,23,24). The maximum atomic E-state index is 12.8. The van der Waals surface area contributed by atoms with E-state index in [1.54, 1.807) is 6.20 Å². The molecule has 8 nitrogen and oxygen atoms in total. The van der Waals surface area contributed by atoms with E-state index < -0.39 is 0 Å². The number of amides is 1. The number of benzene rings is 1. The van der Waals surface area contributed by atoms with Crippen LogP contribution in [0.5, 0.6) is 0 Å². The molecule has 0 atom stereocenters. The third-order valence-electron chi connectivity index (χ3n) is 4.74. The first-order valence-corrected chi connectivity index (χ1v) is 9.49. The Balaban J connectivity index is 1.45. The monoisotopic (exact) mass is 377 g/mol. The number of para-hydroxylation sites is 2. The van der Waals surface area contributed by atoms with Gasteiger partial charge in [0, 0.05) is 38.8 Å². The van der Waals surface area contributed by atoms with Crippen LogP contribution in [0.15, 0.2) is 36.5 Å². The molecule has 0 spiro atoms. The van der Waals surface area contributed by atoms with E-state index in [-0.39, 0.29) is 5.91 Å². The summed E-state index contributed by atoms with van der Waals surface area (Å²) in [6, 6.07) is 9.53. The molecule has 1 N–H and O–H groups in total. The van der Waals surface area contributed by atoms with Crippen LogP contribution in [0.1, 0.15) is 23.2 Å². The molecule has 8 heteroatoms. The second-order valence-corrected chi connectivity index (χ2v) is 6.71. The molecule has 1 aliphatic heterocycles. The molecule has 1 aliphatic rings. The summed E-state index contributed by atoms with van der Waals surface area (Å²) in [7, 11) is 0. The van der Waals surface area contributed by atoms with Gasteiger partial charge in [-0.25, -0.2) is 15.0 Å². The summed E-state index contributed by atoms with van der Waals surface area (Å²) >= 11 is 0. The Labute approximate surface area is 163 Å². The van der Waals surface area contributed by atoms with E-state index in [4.69, 9.17) is 0 Å². The number of aromatic nitrogens is 4. The zero-order valence-corrected chi connectivity index (χ0v) is 16.1. The highest BCUT2D eigenvalue weighted by molar-refractivity contribution is 5.94. The number of fused-ring (bicyclic) bond motifs is 1. The van der Waals surface area contributed by atoms with Gasteiger partial charge in [-0.05, 0) is 26.0 Å². The van der Waals surface area contributed by atoms with Gasteiger partial charge >= 0.3 is 0 Å². The van der Waals surface area contributed by atoms with Crippen molar-refractivity contribution in [1.82, 2.24) is 24.8 Å². The summed E-state index contributed by atoms with van der Waals surface area (Å²) in [5, 5.41) is 3.23. The van der Waals surface area contributed by atoms with Crippen LogP contribution in [0.2, 0.25) is 0 Å². The Hall–Kier alpha value is -3.29. The summed E-state index contributed by atoms with van der Waals surface area (Å²) in [5.41, 5.74) is 1.92.